The number of nitrogens with two attached hydrogens (primary N) is 1. The third-order valence-electron chi connectivity index (χ3n) is 2.61. The molecule has 0 saturated carbocycles. The third kappa shape index (κ3) is 3.38. The smallest absolute Gasteiger partial charge is 0.240 e. The molecule has 1 aromatic carbocycles. The number of aromatic nitrogens is 1. The van der Waals surface area contributed by atoms with E-state index in [-0.39, 0.29) is 11.6 Å². The number of benzene rings is 1. The fraction of sp³-hybridized carbons (Fsp3) is 0.267. The monoisotopic (exact) mass is 276 g/mol. The fourth-order valence-electron chi connectivity index (χ4n) is 1.61. The van der Waals surface area contributed by atoms with Crippen molar-refractivity contribution < 1.29 is 13.9 Å². The van der Waals surface area contributed by atoms with Gasteiger partial charge in [-0.15, -0.1) is 0 Å². The average Bonchev–Trinajstić information content (AvgIpc) is 2.43. The number of ether oxygens (including phenoxy) is 2. The standard InChI is InChI=1S/C15H17FN2O2/c1-3-8-19-15-12(17)6-7-14(18-15)20-13-9-10(2)4-5-11(13)16/h4-7,9H,3,8,17H2,1-2H3. The summed E-state index contributed by atoms with van der Waals surface area (Å²) in [4.78, 5) is 4.14. The molecule has 0 amide bonds. The van der Waals surface area contributed by atoms with E-state index < -0.39 is 5.82 Å². The molecule has 1 aromatic heterocycles. The Morgan fingerprint density at radius 2 is 2.05 bits per heavy atom. The topological polar surface area (TPSA) is 57.4 Å². The highest BCUT2D eigenvalue weighted by Gasteiger charge is 2.09. The quantitative estimate of drug-likeness (QED) is 0.904. The largest absolute Gasteiger partial charge is 0.476 e. The fourth-order valence-corrected chi connectivity index (χ4v) is 1.61. The Hall–Kier alpha value is -2.30. The van der Waals surface area contributed by atoms with Crippen LogP contribution in [0.15, 0.2) is 30.3 Å². The molecule has 2 N–H and O–H groups in total. The first-order valence-corrected chi connectivity index (χ1v) is 6.43. The number of pyridine rings is 1. The Morgan fingerprint density at radius 3 is 2.80 bits per heavy atom. The van der Waals surface area contributed by atoms with Crippen molar-refractivity contribution in [3.05, 3.63) is 41.7 Å². The first-order chi connectivity index (χ1) is 9.60. The predicted octanol–water partition coefficient (Wildman–Crippen LogP) is 3.69. The number of hydrogen-bond donors (Lipinski definition) is 1. The van der Waals surface area contributed by atoms with E-state index in [4.69, 9.17) is 15.2 Å². The highest BCUT2D eigenvalue weighted by atomic mass is 19.1. The molecule has 2 rings (SSSR count). The molecule has 0 unspecified atom stereocenters. The van der Waals surface area contributed by atoms with Crippen LogP contribution in [0.5, 0.6) is 17.5 Å². The molecule has 0 fully saturated rings. The van der Waals surface area contributed by atoms with E-state index in [1.165, 1.54) is 6.07 Å². The molecule has 4 nitrogen and oxygen atoms in total. The summed E-state index contributed by atoms with van der Waals surface area (Å²) < 4.78 is 24.5. The van der Waals surface area contributed by atoms with Gasteiger partial charge in [-0.3, -0.25) is 0 Å². The van der Waals surface area contributed by atoms with Crippen LogP contribution in [0.3, 0.4) is 0 Å². The lowest BCUT2D eigenvalue weighted by atomic mass is 10.2. The van der Waals surface area contributed by atoms with Crippen molar-refractivity contribution in [2.75, 3.05) is 12.3 Å². The van der Waals surface area contributed by atoms with Gasteiger partial charge in [0.05, 0.1) is 12.3 Å². The van der Waals surface area contributed by atoms with E-state index in [0.717, 1.165) is 12.0 Å². The van der Waals surface area contributed by atoms with Gasteiger partial charge < -0.3 is 15.2 Å². The zero-order chi connectivity index (χ0) is 14.5. The second kappa shape index (κ2) is 6.23. The summed E-state index contributed by atoms with van der Waals surface area (Å²) in [6.45, 7) is 4.36. The van der Waals surface area contributed by atoms with Crippen molar-refractivity contribution in [1.82, 2.24) is 4.98 Å². The van der Waals surface area contributed by atoms with Crippen molar-refractivity contribution in [2.45, 2.75) is 20.3 Å². The van der Waals surface area contributed by atoms with Crippen LogP contribution in [0.2, 0.25) is 0 Å². The van der Waals surface area contributed by atoms with E-state index in [1.54, 1.807) is 24.3 Å². The van der Waals surface area contributed by atoms with Crippen LogP contribution in [0.25, 0.3) is 0 Å². The second-order valence-electron chi connectivity index (χ2n) is 4.43. The molecule has 0 spiro atoms. The summed E-state index contributed by atoms with van der Waals surface area (Å²) in [5, 5.41) is 0. The van der Waals surface area contributed by atoms with E-state index in [1.807, 2.05) is 13.8 Å². The Kier molecular flexibility index (Phi) is 4.40. The molecule has 0 saturated heterocycles. The van der Waals surface area contributed by atoms with E-state index in [2.05, 4.69) is 4.98 Å². The summed E-state index contributed by atoms with van der Waals surface area (Å²) in [7, 11) is 0. The van der Waals surface area contributed by atoms with Crippen molar-refractivity contribution in [1.29, 1.82) is 0 Å². The molecule has 0 atom stereocenters. The highest BCUT2D eigenvalue weighted by molar-refractivity contribution is 5.49. The van der Waals surface area contributed by atoms with Crippen molar-refractivity contribution in [3.8, 4) is 17.5 Å². The van der Waals surface area contributed by atoms with Crippen LogP contribution in [0.1, 0.15) is 18.9 Å². The predicted molar refractivity (Wildman–Crippen MR) is 75.6 cm³/mol. The van der Waals surface area contributed by atoms with Crippen molar-refractivity contribution in [2.24, 2.45) is 0 Å². The Morgan fingerprint density at radius 1 is 1.25 bits per heavy atom. The highest BCUT2D eigenvalue weighted by Crippen LogP contribution is 2.28. The molecular formula is C15H17FN2O2. The first-order valence-electron chi connectivity index (χ1n) is 6.43. The summed E-state index contributed by atoms with van der Waals surface area (Å²) in [5.41, 5.74) is 7.09. The lowest BCUT2D eigenvalue weighted by molar-refractivity contribution is 0.302. The average molecular weight is 276 g/mol. The minimum Gasteiger partial charge on any atom is -0.476 e. The SMILES string of the molecule is CCCOc1nc(Oc2cc(C)ccc2F)ccc1N. The van der Waals surface area contributed by atoms with Gasteiger partial charge in [0.15, 0.2) is 11.6 Å². The molecule has 0 bridgehead atoms. The molecule has 0 aliphatic carbocycles. The van der Waals surface area contributed by atoms with Gasteiger partial charge in [0.25, 0.3) is 0 Å². The van der Waals surface area contributed by atoms with Gasteiger partial charge in [-0.2, -0.15) is 4.98 Å². The Balaban J connectivity index is 2.22. The number of hydrogen-bond acceptors (Lipinski definition) is 4. The number of rotatable bonds is 5. The number of halogens is 1. The molecule has 1 heterocycles. The minimum absolute atomic E-state index is 0.128. The zero-order valence-corrected chi connectivity index (χ0v) is 11.5. The van der Waals surface area contributed by atoms with Crippen LogP contribution < -0.4 is 15.2 Å². The number of anilines is 1. The van der Waals surface area contributed by atoms with E-state index in [0.29, 0.717) is 18.2 Å². The van der Waals surface area contributed by atoms with Crippen LogP contribution in [0.4, 0.5) is 10.1 Å². The molecule has 106 valence electrons. The molecule has 2 aromatic rings. The first kappa shape index (κ1) is 14.1. The van der Waals surface area contributed by atoms with Crippen LogP contribution in [-0.2, 0) is 0 Å². The lowest BCUT2D eigenvalue weighted by Crippen LogP contribution is -2.02. The lowest BCUT2D eigenvalue weighted by Gasteiger charge is -2.10. The van der Waals surface area contributed by atoms with E-state index in [9.17, 15) is 4.39 Å². The molecule has 0 radical (unpaired) electrons. The normalized spacial score (nSPS) is 10.3. The molecule has 0 aliphatic heterocycles. The summed E-state index contributed by atoms with van der Waals surface area (Å²) >= 11 is 0. The van der Waals surface area contributed by atoms with Crippen LogP contribution in [-0.4, -0.2) is 11.6 Å². The maximum Gasteiger partial charge on any atom is 0.240 e. The Bertz CT molecular complexity index is 602. The van der Waals surface area contributed by atoms with Gasteiger partial charge in [0, 0.05) is 6.07 Å². The van der Waals surface area contributed by atoms with Crippen LogP contribution in [0, 0.1) is 12.7 Å². The maximum absolute atomic E-state index is 13.6. The Labute approximate surface area is 117 Å². The summed E-state index contributed by atoms with van der Waals surface area (Å²) in [6.07, 6.45) is 0.846. The van der Waals surface area contributed by atoms with Crippen molar-refractivity contribution >= 4 is 5.69 Å². The van der Waals surface area contributed by atoms with Gasteiger partial charge in [-0.05, 0) is 37.1 Å². The number of nitrogen functional groups attached to an aromatic ring is 1. The molecule has 0 aliphatic rings. The maximum atomic E-state index is 13.6. The van der Waals surface area contributed by atoms with Crippen LogP contribution >= 0.6 is 0 Å². The summed E-state index contributed by atoms with van der Waals surface area (Å²) in [5.74, 6) is 0.237. The second-order valence-corrected chi connectivity index (χ2v) is 4.43. The molecule has 20 heavy (non-hydrogen) atoms. The van der Waals surface area contributed by atoms with Gasteiger partial charge >= 0.3 is 0 Å². The van der Waals surface area contributed by atoms with Gasteiger partial charge in [-0.25, -0.2) is 4.39 Å². The van der Waals surface area contributed by atoms with Gasteiger partial charge in [-0.1, -0.05) is 13.0 Å². The zero-order valence-electron chi connectivity index (χ0n) is 11.5. The third-order valence-corrected chi connectivity index (χ3v) is 2.61. The molecular weight excluding hydrogens is 259 g/mol. The molecule has 5 heteroatoms. The van der Waals surface area contributed by atoms with E-state index >= 15 is 0 Å². The van der Waals surface area contributed by atoms with Gasteiger partial charge in [0.2, 0.25) is 11.8 Å². The van der Waals surface area contributed by atoms with Crippen molar-refractivity contribution in [3.63, 3.8) is 0 Å². The van der Waals surface area contributed by atoms with Gasteiger partial charge in [0.1, 0.15) is 0 Å². The number of aryl methyl sites for hydroxylation is 1. The summed E-state index contributed by atoms with van der Waals surface area (Å²) in [6, 6.07) is 7.85. The number of nitrogens with zero attached hydrogens (tertiary/aromatic N) is 1. The minimum atomic E-state index is -0.440.